The summed E-state index contributed by atoms with van der Waals surface area (Å²) in [6.07, 6.45) is 1.96. The number of nitrogens with zero attached hydrogens (tertiary/aromatic N) is 4. The molecule has 1 saturated heterocycles. The summed E-state index contributed by atoms with van der Waals surface area (Å²) in [5.41, 5.74) is 3.43. The highest BCUT2D eigenvalue weighted by molar-refractivity contribution is 5.64. The lowest BCUT2D eigenvalue weighted by Gasteiger charge is -2.37. The lowest BCUT2D eigenvalue weighted by atomic mass is 10.1. The molecule has 5 nitrogen and oxygen atoms in total. The van der Waals surface area contributed by atoms with E-state index in [-0.39, 0.29) is 5.82 Å². The van der Waals surface area contributed by atoms with Crippen molar-refractivity contribution in [1.29, 1.82) is 0 Å². The van der Waals surface area contributed by atoms with Gasteiger partial charge in [-0.1, -0.05) is 12.1 Å². The molecule has 1 aromatic heterocycles. The van der Waals surface area contributed by atoms with E-state index in [1.165, 1.54) is 6.07 Å². The molecule has 3 aromatic rings. The van der Waals surface area contributed by atoms with Crippen LogP contribution in [0.2, 0.25) is 0 Å². The average Bonchev–Trinajstić information content (AvgIpc) is 3.14. The number of piperazine rings is 1. The number of aromatic nitrogens is 2. The summed E-state index contributed by atoms with van der Waals surface area (Å²) in [4.78, 5) is 4.82. The number of para-hydroxylation sites is 1. The zero-order valence-electron chi connectivity index (χ0n) is 17.2. The van der Waals surface area contributed by atoms with Gasteiger partial charge in [0.25, 0.3) is 0 Å². The summed E-state index contributed by atoms with van der Waals surface area (Å²) >= 11 is 0. The second-order valence-electron chi connectivity index (χ2n) is 7.69. The molecule has 1 atom stereocenters. The number of ether oxygens (including phenoxy) is 1. The van der Waals surface area contributed by atoms with Crippen molar-refractivity contribution in [2.45, 2.75) is 19.5 Å². The first kappa shape index (κ1) is 19.6. The Balaban J connectivity index is 1.70. The third kappa shape index (κ3) is 4.18. The minimum Gasteiger partial charge on any atom is -0.497 e. The quantitative estimate of drug-likeness (QED) is 0.659. The number of halogens is 1. The predicted molar refractivity (Wildman–Crippen MR) is 113 cm³/mol. The first-order valence-electron chi connectivity index (χ1n) is 9.95. The molecule has 1 aliphatic heterocycles. The van der Waals surface area contributed by atoms with Crippen LogP contribution in [0, 0.1) is 5.82 Å². The number of benzene rings is 2. The molecule has 1 aliphatic rings. The monoisotopic (exact) mass is 394 g/mol. The van der Waals surface area contributed by atoms with Gasteiger partial charge >= 0.3 is 0 Å². The molecule has 2 heterocycles. The van der Waals surface area contributed by atoms with Gasteiger partial charge in [0.2, 0.25) is 0 Å². The topological polar surface area (TPSA) is 33.5 Å². The predicted octanol–water partition coefficient (Wildman–Crippen LogP) is 3.82. The van der Waals surface area contributed by atoms with E-state index < -0.39 is 0 Å². The van der Waals surface area contributed by atoms with Crippen molar-refractivity contribution in [2.75, 3.05) is 33.8 Å². The van der Waals surface area contributed by atoms with Gasteiger partial charge in [-0.15, -0.1) is 0 Å². The lowest BCUT2D eigenvalue weighted by Crippen LogP contribution is -2.49. The average molecular weight is 394 g/mol. The van der Waals surface area contributed by atoms with Crippen LogP contribution in [0.1, 0.15) is 12.5 Å². The van der Waals surface area contributed by atoms with E-state index in [1.807, 2.05) is 36.5 Å². The zero-order chi connectivity index (χ0) is 20.4. The van der Waals surface area contributed by atoms with Crippen LogP contribution in [-0.4, -0.2) is 59.4 Å². The summed E-state index contributed by atoms with van der Waals surface area (Å²) in [7, 11) is 3.82. The Morgan fingerprint density at radius 1 is 1.10 bits per heavy atom. The summed E-state index contributed by atoms with van der Waals surface area (Å²) in [6.45, 7) is 6.09. The summed E-state index contributed by atoms with van der Waals surface area (Å²) in [6, 6.07) is 15.1. The number of likely N-dealkylation sites (N-methyl/N-ethyl adjacent to an activating group) is 1. The minimum atomic E-state index is -0.281. The van der Waals surface area contributed by atoms with Gasteiger partial charge in [0, 0.05) is 49.5 Å². The Kier molecular flexibility index (Phi) is 5.65. The van der Waals surface area contributed by atoms with E-state index in [0.717, 1.165) is 48.7 Å². The SMILES string of the molecule is COc1ccc(-c2nn(-c3ccccc3F)cc2CN2CCN(C)[C@@H](C)C2)cc1. The normalized spacial score (nSPS) is 18.1. The van der Waals surface area contributed by atoms with Crippen LogP contribution in [0.5, 0.6) is 5.75 Å². The maximum atomic E-state index is 14.4. The van der Waals surface area contributed by atoms with Gasteiger partial charge in [0.05, 0.1) is 12.8 Å². The van der Waals surface area contributed by atoms with Crippen LogP contribution in [0.3, 0.4) is 0 Å². The third-order valence-electron chi connectivity index (χ3n) is 5.69. The van der Waals surface area contributed by atoms with Crippen molar-refractivity contribution in [3.63, 3.8) is 0 Å². The molecule has 0 unspecified atom stereocenters. The first-order chi connectivity index (χ1) is 14.0. The summed E-state index contributed by atoms with van der Waals surface area (Å²) in [5, 5.41) is 4.77. The van der Waals surface area contributed by atoms with E-state index in [4.69, 9.17) is 9.84 Å². The molecular formula is C23H27FN4O. The van der Waals surface area contributed by atoms with Crippen molar-refractivity contribution >= 4 is 0 Å². The molecule has 0 radical (unpaired) electrons. The smallest absolute Gasteiger partial charge is 0.148 e. The summed E-state index contributed by atoms with van der Waals surface area (Å²) in [5.74, 6) is 0.521. The van der Waals surface area contributed by atoms with Gasteiger partial charge in [0.15, 0.2) is 0 Å². The highest BCUT2D eigenvalue weighted by Crippen LogP contribution is 2.28. The van der Waals surface area contributed by atoms with Gasteiger partial charge in [-0.05, 0) is 50.4 Å². The van der Waals surface area contributed by atoms with Crippen molar-refractivity contribution in [3.05, 3.63) is 66.1 Å². The van der Waals surface area contributed by atoms with Gasteiger partial charge in [-0.3, -0.25) is 4.90 Å². The Morgan fingerprint density at radius 2 is 1.86 bits per heavy atom. The molecule has 0 spiro atoms. The molecule has 0 aliphatic carbocycles. The van der Waals surface area contributed by atoms with Crippen molar-refractivity contribution in [3.8, 4) is 22.7 Å². The molecule has 1 fully saturated rings. The molecule has 0 amide bonds. The Hall–Kier alpha value is -2.70. The van der Waals surface area contributed by atoms with Gasteiger partial charge < -0.3 is 9.64 Å². The Labute approximate surface area is 171 Å². The third-order valence-corrected chi connectivity index (χ3v) is 5.69. The maximum absolute atomic E-state index is 14.4. The number of methoxy groups -OCH3 is 1. The minimum absolute atomic E-state index is 0.281. The van der Waals surface area contributed by atoms with E-state index in [2.05, 4.69) is 23.8 Å². The van der Waals surface area contributed by atoms with E-state index >= 15 is 0 Å². The molecule has 2 aromatic carbocycles. The van der Waals surface area contributed by atoms with Crippen LogP contribution in [-0.2, 0) is 6.54 Å². The van der Waals surface area contributed by atoms with Crippen LogP contribution in [0.15, 0.2) is 54.7 Å². The number of rotatable bonds is 5. The molecule has 152 valence electrons. The van der Waals surface area contributed by atoms with Gasteiger partial charge in [0.1, 0.15) is 17.3 Å². The van der Waals surface area contributed by atoms with Crippen molar-refractivity contribution in [1.82, 2.24) is 19.6 Å². The second-order valence-corrected chi connectivity index (χ2v) is 7.69. The fraction of sp³-hybridized carbons (Fsp3) is 0.348. The second kappa shape index (κ2) is 8.35. The molecule has 6 heteroatoms. The first-order valence-corrected chi connectivity index (χ1v) is 9.95. The fourth-order valence-corrected chi connectivity index (χ4v) is 3.79. The van der Waals surface area contributed by atoms with E-state index in [9.17, 15) is 4.39 Å². The largest absolute Gasteiger partial charge is 0.497 e. The summed E-state index contributed by atoms with van der Waals surface area (Å²) < 4.78 is 21.3. The number of hydrogen-bond donors (Lipinski definition) is 0. The van der Waals surface area contributed by atoms with Crippen LogP contribution in [0.4, 0.5) is 4.39 Å². The number of hydrogen-bond acceptors (Lipinski definition) is 4. The molecule has 29 heavy (non-hydrogen) atoms. The molecular weight excluding hydrogens is 367 g/mol. The maximum Gasteiger partial charge on any atom is 0.148 e. The van der Waals surface area contributed by atoms with Crippen LogP contribution >= 0.6 is 0 Å². The Morgan fingerprint density at radius 3 is 2.55 bits per heavy atom. The molecule has 0 saturated carbocycles. The molecule has 4 rings (SSSR count). The van der Waals surface area contributed by atoms with Gasteiger partial charge in [-0.25, -0.2) is 9.07 Å². The van der Waals surface area contributed by atoms with Crippen molar-refractivity contribution < 1.29 is 9.13 Å². The zero-order valence-corrected chi connectivity index (χ0v) is 17.2. The van der Waals surface area contributed by atoms with E-state index in [0.29, 0.717) is 11.7 Å². The van der Waals surface area contributed by atoms with Crippen LogP contribution < -0.4 is 4.74 Å². The molecule has 0 bridgehead atoms. The standard InChI is InChI=1S/C23H27FN4O/c1-17-14-27(13-12-26(17)2)15-19-16-28(22-7-5-4-6-21(22)24)25-23(19)18-8-10-20(29-3)11-9-18/h4-11,16-17H,12-15H2,1-3H3/t17-/m0/s1. The highest BCUT2D eigenvalue weighted by atomic mass is 19.1. The molecule has 0 N–H and O–H groups in total. The van der Waals surface area contributed by atoms with Gasteiger partial charge in [-0.2, -0.15) is 5.10 Å². The fourth-order valence-electron chi connectivity index (χ4n) is 3.79. The van der Waals surface area contributed by atoms with Crippen molar-refractivity contribution in [2.24, 2.45) is 0 Å². The Bertz CT molecular complexity index is 969. The van der Waals surface area contributed by atoms with E-state index in [1.54, 1.807) is 23.9 Å². The lowest BCUT2D eigenvalue weighted by molar-refractivity contribution is 0.100. The highest BCUT2D eigenvalue weighted by Gasteiger charge is 2.23. The van der Waals surface area contributed by atoms with Crippen LogP contribution in [0.25, 0.3) is 16.9 Å².